The Kier molecular flexibility index (Phi) is 3.46. The Bertz CT molecular complexity index is 689. The van der Waals surface area contributed by atoms with Gasteiger partial charge in [-0.05, 0) is 24.8 Å². The second-order valence-corrected chi connectivity index (χ2v) is 5.16. The zero-order valence-corrected chi connectivity index (χ0v) is 11.2. The third-order valence-electron chi connectivity index (χ3n) is 3.65. The number of fused-ring (bicyclic) bond motifs is 1. The van der Waals surface area contributed by atoms with Crippen molar-refractivity contribution in [1.82, 2.24) is 9.55 Å². The van der Waals surface area contributed by atoms with Crippen molar-refractivity contribution in [1.29, 1.82) is 0 Å². The summed E-state index contributed by atoms with van der Waals surface area (Å²) < 4.78 is 1.44. The van der Waals surface area contributed by atoms with Gasteiger partial charge in [0.1, 0.15) is 0 Å². The van der Waals surface area contributed by atoms with Gasteiger partial charge >= 0.3 is 0 Å². The lowest BCUT2D eigenvalue weighted by molar-refractivity contribution is -0.119. The molecule has 1 aliphatic rings. The van der Waals surface area contributed by atoms with Crippen molar-refractivity contribution in [3.63, 3.8) is 0 Å². The van der Waals surface area contributed by atoms with Gasteiger partial charge in [-0.15, -0.1) is 0 Å². The number of benzene rings is 1. The lowest BCUT2D eigenvalue weighted by atomic mass is 10.1. The van der Waals surface area contributed by atoms with Crippen LogP contribution in [0.1, 0.15) is 23.2 Å². The monoisotopic (exact) mass is 268 g/mol. The Balaban J connectivity index is 1.75. The van der Waals surface area contributed by atoms with Crippen LogP contribution in [0.15, 0.2) is 41.5 Å². The van der Waals surface area contributed by atoms with Gasteiger partial charge in [-0.2, -0.15) is 0 Å². The van der Waals surface area contributed by atoms with E-state index in [4.69, 9.17) is 0 Å². The van der Waals surface area contributed by atoms with Gasteiger partial charge in [-0.25, -0.2) is 4.98 Å². The Morgan fingerprint density at radius 2 is 2.00 bits per heavy atom. The highest BCUT2D eigenvalue weighted by Gasteiger charge is 2.18. The standard InChI is InChI=1S/C16H16N2O2/c19-13(9-12-5-2-1-3-6-12)10-18-11-17-15-8-4-7-14(15)16(18)20/h1-3,5-6,11H,4,7-10H2. The summed E-state index contributed by atoms with van der Waals surface area (Å²) >= 11 is 0. The maximum absolute atomic E-state index is 12.2. The van der Waals surface area contributed by atoms with Crippen molar-refractivity contribution in [2.75, 3.05) is 0 Å². The first kappa shape index (κ1) is 12.8. The first-order valence-electron chi connectivity index (χ1n) is 6.87. The normalized spacial score (nSPS) is 13.2. The van der Waals surface area contributed by atoms with Crippen molar-refractivity contribution in [2.45, 2.75) is 32.2 Å². The van der Waals surface area contributed by atoms with Gasteiger partial charge in [-0.1, -0.05) is 30.3 Å². The highest BCUT2D eigenvalue weighted by Crippen LogP contribution is 2.15. The number of ketones is 1. The van der Waals surface area contributed by atoms with E-state index in [-0.39, 0.29) is 17.9 Å². The Hall–Kier alpha value is -2.23. The van der Waals surface area contributed by atoms with Crippen LogP contribution in [0.2, 0.25) is 0 Å². The topological polar surface area (TPSA) is 52.0 Å². The third-order valence-corrected chi connectivity index (χ3v) is 3.65. The molecule has 2 aromatic rings. The number of hydrogen-bond acceptors (Lipinski definition) is 3. The van der Waals surface area contributed by atoms with Crippen LogP contribution in [-0.2, 0) is 30.6 Å². The van der Waals surface area contributed by atoms with Crippen LogP contribution in [0.5, 0.6) is 0 Å². The van der Waals surface area contributed by atoms with Crippen LogP contribution < -0.4 is 5.56 Å². The molecule has 4 nitrogen and oxygen atoms in total. The fourth-order valence-corrected chi connectivity index (χ4v) is 2.65. The van der Waals surface area contributed by atoms with Crippen LogP contribution in [-0.4, -0.2) is 15.3 Å². The molecule has 102 valence electrons. The van der Waals surface area contributed by atoms with E-state index in [2.05, 4.69) is 4.98 Å². The average Bonchev–Trinajstić information content (AvgIpc) is 2.92. The average molecular weight is 268 g/mol. The molecule has 0 spiro atoms. The van der Waals surface area contributed by atoms with E-state index in [9.17, 15) is 9.59 Å². The molecule has 1 aliphatic carbocycles. The number of carbonyl (C=O) groups is 1. The second-order valence-electron chi connectivity index (χ2n) is 5.16. The van der Waals surface area contributed by atoms with E-state index in [1.807, 2.05) is 30.3 Å². The van der Waals surface area contributed by atoms with Crippen LogP contribution in [0, 0.1) is 0 Å². The van der Waals surface area contributed by atoms with Gasteiger partial charge in [0, 0.05) is 12.0 Å². The van der Waals surface area contributed by atoms with Crippen LogP contribution in [0.3, 0.4) is 0 Å². The summed E-state index contributed by atoms with van der Waals surface area (Å²) in [6.07, 6.45) is 4.51. The summed E-state index contributed by atoms with van der Waals surface area (Å²) in [7, 11) is 0. The summed E-state index contributed by atoms with van der Waals surface area (Å²) in [6, 6.07) is 9.57. The quantitative estimate of drug-likeness (QED) is 0.845. The zero-order chi connectivity index (χ0) is 13.9. The lowest BCUT2D eigenvalue weighted by Crippen LogP contribution is -2.28. The minimum atomic E-state index is -0.0473. The first-order chi connectivity index (χ1) is 9.74. The highest BCUT2D eigenvalue weighted by molar-refractivity contribution is 5.80. The van der Waals surface area contributed by atoms with E-state index in [1.54, 1.807) is 0 Å². The van der Waals surface area contributed by atoms with Crippen molar-refractivity contribution in [3.05, 3.63) is 63.8 Å². The molecule has 0 bridgehead atoms. The Labute approximate surface area is 117 Å². The lowest BCUT2D eigenvalue weighted by Gasteiger charge is -2.07. The SMILES string of the molecule is O=C(Cc1ccccc1)Cn1cnc2c(c1=O)CCC2. The molecule has 0 amide bonds. The van der Waals surface area contributed by atoms with Crippen LogP contribution >= 0.6 is 0 Å². The minimum Gasteiger partial charge on any atom is -0.297 e. The predicted octanol–water partition coefficient (Wildman–Crippen LogP) is 1.54. The molecular formula is C16H16N2O2. The van der Waals surface area contributed by atoms with Gasteiger partial charge in [0.25, 0.3) is 5.56 Å². The Morgan fingerprint density at radius 3 is 2.80 bits per heavy atom. The molecule has 1 aromatic heterocycles. The number of carbonyl (C=O) groups excluding carboxylic acids is 1. The van der Waals surface area contributed by atoms with Gasteiger partial charge in [0.05, 0.1) is 18.6 Å². The zero-order valence-electron chi connectivity index (χ0n) is 11.2. The van der Waals surface area contributed by atoms with Gasteiger partial charge in [-0.3, -0.25) is 14.2 Å². The molecule has 4 heteroatoms. The third kappa shape index (κ3) is 2.54. The van der Waals surface area contributed by atoms with Crippen molar-refractivity contribution >= 4 is 5.78 Å². The van der Waals surface area contributed by atoms with E-state index in [1.165, 1.54) is 10.9 Å². The molecule has 0 N–H and O–H groups in total. The fourth-order valence-electron chi connectivity index (χ4n) is 2.65. The number of hydrogen-bond donors (Lipinski definition) is 0. The summed E-state index contributed by atoms with van der Waals surface area (Å²) in [6.45, 7) is 0.105. The maximum atomic E-state index is 12.2. The molecule has 0 unspecified atom stereocenters. The molecule has 0 fully saturated rings. The van der Waals surface area contributed by atoms with Crippen LogP contribution in [0.25, 0.3) is 0 Å². The molecule has 0 aliphatic heterocycles. The first-order valence-corrected chi connectivity index (χ1v) is 6.87. The number of rotatable bonds is 4. The Morgan fingerprint density at radius 1 is 1.20 bits per heavy atom. The summed E-state index contributed by atoms with van der Waals surface area (Å²) in [5, 5.41) is 0. The minimum absolute atomic E-state index is 0.0260. The van der Waals surface area contributed by atoms with E-state index in [0.717, 1.165) is 36.1 Å². The van der Waals surface area contributed by atoms with E-state index >= 15 is 0 Å². The number of Topliss-reactive ketones (excluding diaryl/α,β-unsaturated/α-hetero) is 1. The number of nitrogens with zero attached hydrogens (tertiary/aromatic N) is 2. The molecule has 0 radical (unpaired) electrons. The molecule has 0 saturated carbocycles. The van der Waals surface area contributed by atoms with E-state index < -0.39 is 0 Å². The van der Waals surface area contributed by atoms with Gasteiger partial charge in [0.15, 0.2) is 5.78 Å². The highest BCUT2D eigenvalue weighted by atomic mass is 16.1. The number of aryl methyl sites for hydroxylation is 1. The number of aromatic nitrogens is 2. The van der Waals surface area contributed by atoms with Crippen molar-refractivity contribution in [3.8, 4) is 0 Å². The fraction of sp³-hybridized carbons (Fsp3) is 0.312. The summed E-state index contributed by atoms with van der Waals surface area (Å²) in [5.41, 5.74) is 2.62. The van der Waals surface area contributed by atoms with Gasteiger partial charge < -0.3 is 0 Å². The molecular weight excluding hydrogens is 252 g/mol. The van der Waals surface area contributed by atoms with Crippen LogP contribution in [0.4, 0.5) is 0 Å². The summed E-state index contributed by atoms with van der Waals surface area (Å²) in [4.78, 5) is 28.6. The molecule has 20 heavy (non-hydrogen) atoms. The second kappa shape index (κ2) is 5.41. The van der Waals surface area contributed by atoms with Crippen molar-refractivity contribution in [2.24, 2.45) is 0 Å². The molecule has 3 rings (SSSR count). The van der Waals surface area contributed by atoms with Crippen molar-refractivity contribution < 1.29 is 4.79 Å². The maximum Gasteiger partial charge on any atom is 0.257 e. The molecule has 0 saturated heterocycles. The molecule has 1 heterocycles. The smallest absolute Gasteiger partial charge is 0.257 e. The molecule has 0 atom stereocenters. The predicted molar refractivity (Wildman–Crippen MR) is 75.7 cm³/mol. The molecule has 1 aromatic carbocycles. The summed E-state index contributed by atoms with van der Waals surface area (Å²) in [5.74, 6) is 0.0260. The largest absolute Gasteiger partial charge is 0.297 e. The van der Waals surface area contributed by atoms with Gasteiger partial charge in [0.2, 0.25) is 0 Å². The van der Waals surface area contributed by atoms with E-state index in [0.29, 0.717) is 6.42 Å².